The van der Waals surface area contributed by atoms with Gasteiger partial charge in [-0.1, -0.05) is 23.7 Å². The molecule has 0 unspecified atom stereocenters. The Morgan fingerprint density at radius 3 is 2.78 bits per heavy atom. The Kier molecular flexibility index (Phi) is 3.76. The summed E-state index contributed by atoms with van der Waals surface area (Å²) in [6.45, 7) is 0.870. The first kappa shape index (κ1) is 12.7. The topological polar surface area (TPSA) is 12.0 Å². The molecule has 0 spiro atoms. The van der Waals surface area contributed by atoms with E-state index in [1.807, 2.05) is 0 Å². The van der Waals surface area contributed by atoms with Crippen molar-refractivity contribution >= 4 is 38.9 Å². The van der Waals surface area contributed by atoms with Gasteiger partial charge in [0.25, 0.3) is 0 Å². The average Bonchev–Trinajstić information content (AvgIpc) is 3.09. The molecule has 1 aromatic carbocycles. The summed E-state index contributed by atoms with van der Waals surface area (Å²) in [6.07, 6.45) is 2.61. The molecule has 1 saturated carbocycles. The molecule has 1 heterocycles. The van der Waals surface area contributed by atoms with E-state index in [4.69, 9.17) is 11.6 Å². The Morgan fingerprint density at radius 1 is 1.33 bits per heavy atom. The lowest BCUT2D eigenvalue weighted by Crippen LogP contribution is -2.15. The van der Waals surface area contributed by atoms with E-state index in [2.05, 4.69) is 50.2 Å². The molecular weight excluding hydrogens is 330 g/mol. The normalized spacial score (nSPS) is 15.0. The van der Waals surface area contributed by atoms with E-state index in [9.17, 15) is 0 Å². The molecule has 0 radical (unpaired) electrons. The third-order valence-electron chi connectivity index (χ3n) is 3.14. The highest BCUT2D eigenvalue weighted by Gasteiger charge is 2.20. The van der Waals surface area contributed by atoms with Gasteiger partial charge in [-0.3, -0.25) is 0 Å². The molecule has 94 valence electrons. The first-order valence-corrected chi connectivity index (χ1v) is 8.09. The monoisotopic (exact) mass is 341 g/mol. The molecule has 4 heteroatoms. The van der Waals surface area contributed by atoms with Crippen LogP contribution in [0.4, 0.5) is 0 Å². The van der Waals surface area contributed by atoms with Gasteiger partial charge in [0.1, 0.15) is 0 Å². The summed E-state index contributed by atoms with van der Waals surface area (Å²) < 4.78 is 1.13. The summed E-state index contributed by atoms with van der Waals surface area (Å²) in [6, 6.07) is 7.03. The molecule has 0 aliphatic heterocycles. The maximum Gasteiger partial charge on any atom is 0.0457 e. The zero-order valence-corrected chi connectivity index (χ0v) is 12.9. The first-order chi connectivity index (χ1) is 8.74. The second kappa shape index (κ2) is 5.33. The maximum absolute atomic E-state index is 6.35. The lowest BCUT2D eigenvalue weighted by molar-refractivity contribution is 0.688. The zero-order chi connectivity index (χ0) is 12.5. The van der Waals surface area contributed by atoms with E-state index in [-0.39, 0.29) is 0 Å². The van der Waals surface area contributed by atoms with Gasteiger partial charge in [0, 0.05) is 33.0 Å². The Labute approximate surface area is 124 Å². The first-order valence-electron chi connectivity index (χ1n) is 5.98. The molecular formula is C14H13BrClNS. The summed E-state index contributed by atoms with van der Waals surface area (Å²) in [5.74, 6) is 0. The van der Waals surface area contributed by atoms with Crippen LogP contribution in [0.25, 0.3) is 11.1 Å². The molecule has 1 fully saturated rings. The van der Waals surface area contributed by atoms with Crippen LogP contribution in [0.1, 0.15) is 18.4 Å². The molecule has 0 atom stereocenters. The van der Waals surface area contributed by atoms with Crippen molar-refractivity contribution in [3.05, 3.63) is 44.0 Å². The van der Waals surface area contributed by atoms with E-state index in [1.165, 1.54) is 29.5 Å². The Balaban J connectivity index is 1.81. The predicted octanol–water partition coefficient (Wildman–Crippen LogP) is 5.08. The third-order valence-corrected chi connectivity index (χ3v) is 5.19. The van der Waals surface area contributed by atoms with E-state index in [0.29, 0.717) is 6.04 Å². The van der Waals surface area contributed by atoms with Crippen LogP contribution in [-0.4, -0.2) is 6.04 Å². The molecule has 1 aliphatic rings. The molecule has 0 amide bonds. The van der Waals surface area contributed by atoms with Gasteiger partial charge in [-0.25, -0.2) is 0 Å². The van der Waals surface area contributed by atoms with Crippen molar-refractivity contribution in [2.45, 2.75) is 25.4 Å². The predicted molar refractivity (Wildman–Crippen MR) is 82.3 cm³/mol. The van der Waals surface area contributed by atoms with Crippen LogP contribution in [-0.2, 0) is 6.54 Å². The Bertz CT molecular complexity index is 563. The van der Waals surface area contributed by atoms with E-state index in [1.54, 1.807) is 11.3 Å². The van der Waals surface area contributed by atoms with Crippen LogP contribution < -0.4 is 5.32 Å². The number of hydrogen-bond acceptors (Lipinski definition) is 2. The summed E-state index contributed by atoms with van der Waals surface area (Å²) in [5.41, 5.74) is 3.56. The van der Waals surface area contributed by atoms with E-state index < -0.39 is 0 Å². The molecule has 1 aliphatic carbocycles. The van der Waals surface area contributed by atoms with Gasteiger partial charge in [0.2, 0.25) is 0 Å². The quantitative estimate of drug-likeness (QED) is 0.816. The van der Waals surface area contributed by atoms with Gasteiger partial charge in [-0.2, -0.15) is 11.3 Å². The van der Waals surface area contributed by atoms with Crippen molar-refractivity contribution < 1.29 is 0 Å². The van der Waals surface area contributed by atoms with Crippen molar-refractivity contribution in [3.63, 3.8) is 0 Å². The second-order valence-electron chi connectivity index (χ2n) is 4.59. The fourth-order valence-electron chi connectivity index (χ4n) is 1.89. The van der Waals surface area contributed by atoms with Crippen LogP contribution in [0.3, 0.4) is 0 Å². The van der Waals surface area contributed by atoms with Crippen LogP contribution in [0.15, 0.2) is 33.4 Å². The zero-order valence-electron chi connectivity index (χ0n) is 9.75. The molecule has 18 heavy (non-hydrogen) atoms. The SMILES string of the molecule is Clc1cc(-c2cscc2Br)ccc1CNC1CC1. The second-order valence-corrected chi connectivity index (χ2v) is 6.60. The minimum Gasteiger partial charge on any atom is -0.310 e. The maximum atomic E-state index is 6.35. The lowest BCUT2D eigenvalue weighted by atomic mass is 10.1. The van der Waals surface area contributed by atoms with Crippen molar-refractivity contribution in [1.29, 1.82) is 0 Å². The number of nitrogens with one attached hydrogen (secondary N) is 1. The van der Waals surface area contributed by atoms with Gasteiger partial charge < -0.3 is 5.32 Å². The summed E-state index contributed by atoms with van der Waals surface area (Å²) in [4.78, 5) is 0. The minimum absolute atomic E-state index is 0.715. The summed E-state index contributed by atoms with van der Waals surface area (Å²) in [5, 5.41) is 8.56. The molecule has 0 saturated heterocycles. The number of benzene rings is 1. The smallest absolute Gasteiger partial charge is 0.0457 e. The van der Waals surface area contributed by atoms with Crippen LogP contribution in [0.5, 0.6) is 0 Å². The minimum atomic E-state index is 0.715. The van der Waals surface area contributed by atoms with Gasteiger partial charge in [-0.15, -0.1) is 0 Å². The van der Waals surface area contributed by atoms with Crippen LogP contribution in [0, 0.1) is 0 Å². The fourth-order valence-corrected chi connectivity index (χ4v) is 3.67. The number of rotatable bonds is 4. The van der Waals surface area contributed by atoms with Crippen LogP contribution in [0.2, 0.25) is 5.02 Å². The molecule has 1 N–H and O–H groups in total. The van der Waals surface area contributed by atoms with Crippen molar-refractivity contribution in [2.24, 2.45) is 0 Å². The summed E-state index contributed by atoms with van der Waals surface area (Å²) in [7, 11) is 0. The number of hydrogen-bond donors (Lipinski definition) is 1. The standard InChI is InChI=1S/C14H13BrClNS/c15-13-8-18-7-12(13)9-1-2-10(14(16)5-9)6-17-11-3-4-11/h1-2,5,7-8,11,17H,3-4,6H2. The van der Waals surface area contributed by atoms with Gasteiger partial charge >= 0.3 is 0 Å². The Hall–Kier alpha value is -0.350. The van der Waals surface area contributed by atoms with Gasteiger partial charge in [0.15, 0.2) is 0 Å². The molecule has 1 nitrogen and oxygen atoms in total. The van der Waals surface area contributed by atoms with E-state index >= 15 is 0 Å². The molecule has 3 rings (SSSR count). The molecule has 1 aromatic heterocycles. The highest BCUT2D eigenvalue weighted by molar-refractivity contribution is 9.10. The van der Waals surface area contributed by atoms with Crippen molar-refractivity contribution in [3.8, 4) is 11.1 Å². The highest BCUT2D eigenvalue weighted by Crippen LogP contribution is 2.34. The highest BCUT2D eigenvalue weighted by atomic mass is 79.9. The van der Waals surface area contributed by atoms with Crippen molar-refractivity contribution in [1.82, 2.24) is 5.32 Å². The average molecular weight is 343 g/mol. The lowest BCUT2D eigenvalue weighted by Gasteiger charge is -2.08. The molecule has 2 aromatic rings. The Morgan fingerprint density at radius 2 is 2.17 bits per heavy atom. The van der Waals surface area contributed by atoms with Gasteiger partial charge in [0.05, 0.1) is 0 Å². The fraction of sp³-hybridized carbons (Fsp3) is 0.286. The van der Waals surface area contributed by atoms with Gasteiger partial charge in [-0.05, 0) is 51.3 Å². The van der Waals surface area contributed by atoms with E-state index in [0.717, 1.165) is 16.0 Å². The summed E-state index contributed by atoms with van der Waals surface area (Å²) >= 11 is 11.6. The number of halogens is 2. The van der Waals surface area contributed by atoms with Crippen LogP contribution >= 0.6 is 38.9 Å². The number of thiophene rings is 1. The largest absolute Gasteiger partial charge is 0.310 e. The molecule has 0 bridgehead atoms. The third kappa shape index (κ3) is 2.80. The van der Waals surface area contributed by atoms with Crippen molar-refractivity contribution in [2.75, 3.05) is 0 Å².